The fourth-order valence-corrected chi connectivity index (χ4v) is 2.40. The van der Waals surface area contributed by atoms with Gasteiger partial charge in [0.15, 0.2) is 0 Å². The van der Waals surface area contributed by atoms with Gasteiger partial charge < -0.3 is 0 Å². The largest absolute Gasteiger partial charge is 0.269 e. The van der Waals surface area contributed by atoms with E-state index in [1.165, 1.54) is 4.90 Å². The molecule has 2 aromatic rings. The number of rotatable bonds is 2. The van der Waals surface area contributed by atoms with Crippen molar-refractivity contribution in [3.05, 3.63) is 71.8 Å². The van der Waals surface area contributed by atoms with Crippen molar-refractivity contribution in [2.45, 2.75) is 6.92 Å². The van der Waals surface area contributed by atoms with Crippen molar-refractivity contribution in [1.82, 2.24) is 0 Å². The quantitative estimate of drug-likeness (QED) is 0.781. The fourth-order valence-electron chi connectivity index (χ4n) is 2.40. The second kappa shape index (κ2) is 4.78. The van der Waals surface area contributed by atoms with Crippen molar-refractivity contribution in [3.63, 3.8) is 0 Å². The molecule has 0 aliphatic carbocycles. The molecular formula is C17H13NO2. The summed E-state index contributed by atoms with van der Waals surface area (Å²) >= 11 is 0. The zero-order chi connectivity index (χ0) is 14.1. The maximum atomic E-state index is 12.6. The SMILES string of the molecule is CC1=C(c2ccccc2)C(=O)N(c2ccccc2)C1=O. The van der Waals surface area contributed by atoms with E-state index in [4.69, 9.17) is 0 Å². The molecule has 3 rings (SSSR count). The van der Waals surface area contributed by atoms with Gasteiger partial charge in [-0.1, -0.05) is 48.5 Å². The van der Waals surface area contributed by atoms with Crippen LogP contribution in [0.5, 0.6) is 0 Å². The van der Waals surface area contributed by atoms with Crippen LogP contribution in [0.4, 0.5) is 5.69 Å². The van der Waals surface area contributed by atoms with E-state index in [1.807, 2.05) is 48.5 Å². The minimum absolute atomic E-state index is 0.250. The summed E-state index contributed by atoms with van der Waals surface area (Å²) in [6.45, 7) is 1.70. The van der Waals surface area contributed by atoms with Crippen LogP contribution in [-0.2, 0) is 9.59 Å². The molecular weight excluding hydrogens is 250 g/mol. The highest BCUT2D eigenvalue weighted by atomic mass is 16.2. The van der Waals surface area contributed by atoms with Crippen LogP contribution in [0.2, 0.25) is 0 Å². The van der Waals surface area contributed by atoms with Crippen LogP contribution < -0.4 is 4.90 Å². The van der Waals surface area contributed by atoms with Gasteiger partial charge in [-0.05, 0) is 24.6 Å². The molecule has 0 unspecified atom stereocenters. The van der Waals surface area contributed by atoms with Crippen LogP contribution >= 0.6 is 0 Å². The molecule has 0 atom stereocenters. The van der Waals surface area contributed by atoms with Crippen molar-refractivity contribution >= 4 is 23.1 Å². The molecule has 98 valence electrons. The Kier molecular flexibility index (Phi) is 2.95. The Labute approximate surface area is 117 Å². The molecule has 0 aromatic heterocycles. The Bertz CT molecular complexity index is 702. The summed E-state index contributed by atoms with van der Waals surface area (Å²) in [5.74, 6) is -0.509. The summed E-state index contributed by atoms with van der Waals surface area (Å²) in [5, 5.41) is 0. The van der Waals surface area contributed by atoms with Crippen LogP contribution in [0.3, 0.4) is 0 Å². The van der Waals surface area contributed by atoms with Crippen LogP contribution in [-0.4, -0.2) is 11.8 Å². The van der Waals surface area contributed by atoms with Crippen molar-refractivity contribution in [1.29, 1.82) is 0 Å². The van der Waals surface area contributed by atoms with Gasteiger partial charge in [0.1, 0.15) is 0 Å². The zero-order valence-corrected chi connectivity index (χ0v) is 11.0. The van der Waals surface area contributed by atoms with Gasteiger partial charge in [0, 0.05) is 5.57 Å². The van der Waals surface area contributed by atoms with Gasteiger partial charge in [0.25, 0.3) is 11.8 Å². The first-order valence-corrected chi connectivity index (χ1v) is 6.40. The Hall–Kier alpha value is -2.68. The Morgan fingerprint density at radius 2 is 1.30 bits per heavy atom. The van der Waals surface area contributed by atoms with Crippen molar-refractivity contribution in [2.24, 2.45) is 0 Å². The highest BCUT2D eigenvalue weighted by Gasteiger charge is 2.37. The summed E-state index contributed by atoms with van der Waals surface area (Å²) in [7, 11) is 0. The number of anilines is 1. The van der Waals surface area contributed by atoms with Crippen molar-refractivity contribution in [2.75, 3.05) is 4.90 Å². The first kappa shape index (κ1) is 12.4. The molecule has 0 N–H and O–H groups in total. The molecule has 0 saturated heterocycles. The van der Waals surface area contributed by atoms with Crippen molar-refractivity contribution < 1.29 is 9.59 Å². The summed E-state index contributed by atoms with van der Waals surface area (Å²) in [6.07, 6.45) is 0. The second-order valence-electron chi connectivity index (χ2n) is 4.65. The third-order valence-electron chi connectivity index (χ3n) is 3.39. The number of para-hydroxylation sites is 1. The molecule has 0 spiro atoms. The van der Waals surface area contributed by atoms with Gasteiger partial charge in [-0.25, -0.2) is 4.90 Å². The third-order valence-corrected chi connectivity index (χ3v) is 3.39. The lowest BCUT2D eigenvalue weighted by Gasteiger charge is -2.14. The molecule has 2 amide bonds. The minimum Gasteiger partial charge on any atom is -0.269 e. The van der Waals surface area contributed by atoms with E-state index in [2.05, 4.69) is 0 Å². The number of amides is 2. The molecule has 1 aliphatic heterocycles. The van der Waals surface area contributed by atoms with E-state index in [9.17, 15) is 9.59 Å². The highest BCUT2D eigenvalue weighted by molar-refractivity contribution is 6.45. The molecule has 0 radical (unpaired) electrons. The summed E-state index contributed by atoms with van der Waals surface area (Å²) in [5.41, 5.74) is 2.36. The molecule has 20 heavy (non-hydrogen) atoms. The monoisotopic (exact) mass is 263 g/mol. The van der Waals surface area contributed by atoms with Gasteiger partial charge in [0.2, 0.25) is 0 Å². The number of hydrogen-bond donors (Lipinski definition) is 0. The average molecular weight is 263 g/mol. The summed E-state index contributed by atoms with van der Waals surface area (Å²) in [6, 6.07) is 18.3. The molecule has 0 fully saturated rings. The van der Waals surface area contributed by atoms with E-state index in [0.717, 1.165) is 5.56 Å². The van der Waals surface area contributed by atoms with Gasteiger partial charge >= 0.3 is 0 Å². The number of carbonyl (C=O) groups excluding carboxylic acids is 2. The van der Waals surface area contributed by atoms with Gasteiger partial charge in [-0.3, -0.25) is 9.59 Å². The lowest BCUT2D eigenvalue weighted by molar-refractivity contribution is -0.120. The number of benzene rings is 2. The Morgan fingerprint density at radius 1 is 0.750 bits per heavy atom. The second-order valence-corrected chi connectivity index (χ2v) is 4.65. The average Bonchev–Trinajstić information content (AvgIpc) is 2.71. The molecule has 3 nitrogen and oxygen atoms in total. The Balaban J connectivity index is 2.07. The first-order valence-electron chi connectivity index (χ1n) is 6.40. The van der Waals surface area contributed by atoms with Crippen LogP contribution in [0.25, 0.3) is 5.57 Å². The van der Waals surface area contributed by atoms with E-state index in [1.54, 1.807) is 19.1 Å². The van der Waals surface area contributed by atoms with E-state index in [0.29, 0.717) is 16.8 Å². The van der Waals surface area contributed by atoms with Gasteiger partial charge in [-0.15, -0.1) is 0 Å². The topological polar surface area (TPSA) is 37.4 Å². The molecule has 1 heterocycles. The first-order chi connectivity index (χ1) is 9.70. The molecule has 0 saturated carbocycles. The predicted octanol–water partition coefficient (Wildman–Crippen LogP) is 3.03. The Morgan fingerprint density at radius 3 is 1.90 bits per heavy atom. The molecule has 2 aromatic carbocycles. The van der Waals surface area contributed by atoms with E-state index in [-0.39, 0.29) is 11.8 Å². The van der Waals surface area contributed by atoms with Crippen LogP contribution in [0, 0.1) is 0 Å². The lowest BCUT2D eigenvalue weighted by atomic mass is 10.0. The zero-order valence-electron chi connectivity index (χ0n) is 11.0. The fraction of sp³-hybridized carbons (Fsp3) is 0.0588. The van der Waals surface area contributed by atoms with Gasteiger partial charge in [-0.2, -0.15) is 0 Å². The molecule has 3 heteroatoms. The van der Waals surface area contributed by atoms with Crippen LogP contribution in [0.15, 0.2) is 66.2 Å². The van der Waals surface area contributed by atoms with Crippen LogP contribution in [0.1, 0.15) is 12.5 Å². The molecule has 0 bridgehead atoms. The maximum Gasteiger partial charge on any atom is 0.266 e. The summed E-state index contributed by atoms with van der Waals surface area (Å²) < 4.78 is 0. The lowest BCUT2D eigenvalue weighted by Crippen LogP contribution is -2.31. The van der Waals surface area contributed by atoms with E-state index >= 15 is 0 Å². The number of nitrogens with zero attached hydrogens (tertiary/aromatic N) is 1. The summed E-state index contributed by atoms with van der Waals surface area (Å²) in [4.78, 5) is 26.2. The highest BCUT2D eigenvalue weighted by Crippen LogP contribution is 2.32. The minimum atomic E-state index is -0.259. The number of carbonyl (C=O) groups is 2. The van der Waals surface area contributed by atoms with E-state index < -0.39 is 0 Å². The standard InChI is InChI=1S/C17H13NO2/c1-12-15(13-8-4-2-5-9-13)17(20)18(16(12)19)14-10-6-3-7-11-14/h2-11H,1H3. The third kappa shape index (κ3) is 1.84. The predicted molar refractivity (Wildman–Crippen MR) is 78.0 cm³/mol. The van der Waals surface area contributed by atoms with Crippen molar-refractivity contribution in [3.8, 4) is 0 Å². The van der Waals surface area contributed by atoms with Gasteiger partial charge in [0.05, 0.1) is 11.3 Å². The molecule has 1 aliphatic rings. The smallest absolute Gasteiger partial charge is 0.266 e. The number of imide groups is 1. The normalized spacial score (nSPS) is 15.2. The maximum absolute atomic E-state index is 12.6. The number of hydrogen-bond acceptors (Lipinski definition) is 2.